The molecular weight excluding hydrogens is 463 g/mol. The predicted octanol–water partition coefficient (Wildman–Crippen LogP) is -0.345. The molecule has 7 nitrogen and oxygen atoms in total. The van der Waals surface area contributed by atoms with E-state index in [9.17, 15) is 0 Å². The Bertz CT molecular complexity index is 870. The standard InChI is InChI=1S/C23H35N5O2Si3/c1-24-32(25-2,26-3)30-33(27-4,28-5)29-31(21-15-9-6-10-16-21,22-17-11-7-12-18-22)23-19-13-8-14-20-23/h6-20,24-28H,1-5H3. The van der Waals surface area contributed by atoms with Gasteiger partial charge in [-0.05, 0) is 50.8 Å². The van der Waals surface area contributed by atoms with Crippen LogP contribution < -0.4 is 40.5 Å². The second-order valence-electron chi connectivity index (χ2n) is 7.53. The first-order valence-corrected chi connectivity index (χ1v) is 16.7. The molecule has 0 aliphatic rings. The second-order valence-corrected chi connectivity index (χ2v) is 17.4. The third kappa shape index (κ3) is 5.25. The molecule has 0 heterocycles. The van der Waals surface area contributed by atoms with Crippen LogP contribution in [-0.2, 0) is 8.23 Å². The lowest BCUT2D eigenvalue weighted by Crippen LogP contribution is -2.85. The van der Waals surface area contributed by atoms with Gasteiger partial charge in [-0.1, -0.05) is 91.0 Å². The smallest absolute Gasteiger partial charge is 0.401 e. The molecule has 176 valence electrons. The van der Waals surface area contributed by atoms with Crippen LogP contribution in [0.2, 0.25) is 0 Å². The SMILES string of the molecule is CN[Si](NC)(NC)O[Si](NC)(NC)O[Si](c1ccccc1)(c1ccccc1)c1ccccc1. The highest BCUT2D eigenvalue weighted by molar-refractivity contribution is 7.10. The van der Waals surface area contributed by atoms with Crippen molar-refractivity contribution in [2.75, 3.05) is 35.2 Å². The summed E-state index contributed by atoms with van der Waals surface area (Å²) in [6, 6.07) is 31.5. The van der Waals surface area contributed by atoms with E-state index in [0.29, 0.717) is 0 Å². The van der Waals surface area contributed by atoms with Gasteiger partial charge >= 0.3 is 17.7 Å². The van der Waals surface area contributed by atoms with Gasteiger partial charge in [0.25, 0.3) is 8.32 Å². The lowest BCUT2D eigenvalue weighted by molar-refractivity contribution is 0.327. The van der Waals surface area contributed by atoms with E-state index in [1.807, 2.05) is 53.4 Å². The van der Waals surface area contributed by atoms with Crippen LogP contribution in [-0.4, -0.2) is 61.2 Å². The van der Waals surface area contributed by atoms with E-state index < -0.39 is 26.0 Å². The number of benzene rings is 3. The van der Waals surface area contributed by atoms with E-state index in [0.717, 1.165) is 15.6 Å². The van der Waals surface area contributed by atoms with Gasteiger partial charge in [-0.15, -0.1) is 0 Å². The maximum Gasteiger partial charge on any atom is 0.498 e. The number of nitrogens with one attached hydrogen (secondary N) is 5. The van der Waals surface area contributed by atoms with Crippen molar-refractivity contribution in [1.82, 2.24) is 24.9 Å². The molecule has 3 aromatic carbocycles. The molecule has 0 aromatic heterocycles. The van der Waals surface area contributed by atoms with Gasteiger partial charge in [-0.2, -0.15) is 0 Å². The molecule has 10 heteroatoms. The molecule has 0 saturated heterocycles. The molecule has 0 saturated carbocycles. The lowest BCUT2D eigenvalue weighted by Gasteiger charge is -2.44. The highest BCUT2D eigenvalue weighted by atomic mass is 28.5. The first-order valence-electron chi connectivity index (χ1n) is 11.0. The Morgan fingerprint density at radius 1 is 0.455 bits per heavy atom. The molecule has 0 atom stereocenters. The molecule has 0 amide bonds. The van der Waals surface area contributed by atoms with Crippen molar-refractivity contribution in [3.05, 3.63) is 91.0 Å². The summed E-state index contributed by atoms with van der Waals surface area (Å²) in [4.78, 5) is 16.8. The zero-order chi connectivity index (χ0) is 23.8. The number of hydrogen-bond acceptors (Lipinski definition) is 7. The molecule has 3 aromatic rings. The van der Waals surface area contributed by atoms with Crippen LogP contribution in [0.4, 0.5) is 0 Å². The summed E-state index contributed by atoms with van der Waals surface area (Å²) in [5.41, 5.74) is 0. The van der Waals surface area contributed by atoms with E-state index in [1.165, 1.54) is 0 Å². The first kappa shape index (κ1) is 25.6. The van der Waals surface area contributed by atoms with Crippen LogP contribution in [0.5, 0.6) is 0 Å². The quantitative estimate of drug-likeness (QED) is 0.173. The lowest BCUT2D eigenvalue weighted by atomic mass is 10.3. The summed E-state index contributed by atoms with van der Waals surface area (Å²) in [5.74, 6) is 0. The molecule has 0 bridgehead atoms. The molecule has 3 rings (SSSR count). The Labute approximate surface area is 200 Å². The minimum absolute atomic E-state index is 1.15. The van der Waals surface area contributed by atoms with Crippen molar-refractivity contribution in [3.63, 3.8) is 0 Å². The zero-order valence-electron chi connectivity index (χ0n) is 20.0. The Morgan fingerprint density at radius 3 is 1.06 bits per heavy atom. The van der Waals surface area contributed by atoms with Gasteiger partial charge in [0.2, 0.25) is 0 Å². The monoisotopic (exact) mass is 497 g/mol. The summed E-state index contributed by atoms with van der Waals surface area (Å²) >= 11 is 0. The summed E-state index contributed by atoms with van der Waals surface area (Å²) < 4.78 is 14.2. The summed E-state index contributed by atoms with van der Waals surface area (Å²) in [7, 11) is 0.559. The Morgan fingerprint density at radius 2 is 0.788 bits per heavy atom. The summed E-state index contributed by atoms with van der Waals surface area (Å²) in [5, 5.41) is 3.46. The molecule has 0 radical (unpaired) electrons. The van der Waals surface area contributed by atoms with E-state index in [-0.39, 0.29) is 0 Å². The van der Waals surface area contributed by atoms with Crippen LogP contribution in [0.15, 0.2) is 91.0 Å². The molecule has 5 N–H and O–H groups in total. The second kappa shape index (κ2) is 11.4. The van der Waals surface area contributed by atoms with Gasteiger partial charge in [-0.3, -0.25) is 24.9 Å². The van der Waals surface area contributed by atoms with Crippen molar-refractivity contribution in [3.8, 4) is 0 Å². The topological polar surface area (TPSA) is 78.6 Å². The van der Waals surface area contributed by atoms with Crippen molar-refractivity contribution in [2.45, 2.75) is 0 Å². The average molecular weight is 498 g/mol. The van der Waals surface area contributed by atoms with Gasteiger partial charge < -0.3 is 8.23 Å². The van der Waals surface area contributed by atoms with Crippen LogP contribution >= 0.6 is 0 Å². The minimum Gasteiger partial charge on any atom is -0.401 e. The van der Waals surface area contributed by atoms with E-state index in [4.69, 9.17) is 8.23 Å². The molecular formula is C23H35N5O2Si3. The third-order valence-corrected chi connectivity index (χ3v) is 17.5. The van der Waals surface area contributed by atoms with Gasteiger partial charge in [0, 0.05) is 0 Å². The number of rotatable bonds is 12. The Hall–Kier alpha value is -1.97. The van der Waals surface area contributed by atoms with Crippen molar-refractivity contribution in [1.29, 1.82) is 0 Å². The Balaban J connectivity index is 2.29. The molecule has 0 aliphatic heterocycles. The van der Waals surface area contributed by atoms with E-state index in [1.54, 1.807) is 0 Å². The van der Waals surface area contributed by atoms with Crippen LogP contribution in [0.3, 0.4) is 0 Å². The zero-order valence-corrected chi connectivity index (χ0v) is 23.0. The maximum absolute atomic E-state index is 7.39. The molecule has 0 aliphatic carbocycles. The van der Waals surface area contributed by atoms with Gasteiger partial charge in [0.05, 0.1) is 0 Å². The molecule has 0 spiro atoms. The van der Waals surface area contributed by atoms with Crippen molar-refractivity contribution >= 4 is 41.6 Å². The molecule has 0 fully saturated rings. The van der Waals surface area contributed by atoms with Gasteiger partial charge in [0.1, 0.15) is 0 Å². The van der Waals surface area contributed by atoms with Gasteiger partial charge in [-0.25, -0.2) is 0 Å². The van der Waals surface area contributed by atoms with Gasteiger partial charge in [0.15, 0.2) is 0 Å². The van der Waals surface area contributed by atoms with Crippen molar-refractivity contribution < 1.29 is 8.23 Å². The summed E-state index contributed by atoms with van der Waals surface area (Å²) in [6.45, 7) is 0. The fourth-order valence-corrected chi connectivity index (χ4v) is 16.3. The molecule has 0 unspecified atom stereocenters. The fraction of sp³-hybridized carbons (Fsp3) is 0.217. The highest BCUT2D eigenvalue weighted by Crippen LogP contribution is 2.16. The molecule has 33 heavy (non-hydrogen) atoms. The average Bonchev–Trinajstić information content (AvgIpc) is 2.91. The van der Waals surface area contributed by atoms with E-state index >= 15 is 0 Å². The largest absolute Gasteiger partial charge is 0.498 e. The van der Waals surface area contributed by atoms with Crippen molar-refractivity contribution in [2.24, 2.45) is 0 Å². The number of hydrogen-bond donors (Lipinski definition) is 5. The van der Waals surface area contributed by atoms with Crippen LogP contribution in [0, 0.1) is 0 Å². The third-order valence-electron chi connectivity index (χ3n) is 5.85. The maximum atomic E-state index is 7.39. The fourth-order valence-electron chi connectivity index (χ4n) is 4.00. The van der Waals surface area contributed by atoms with E-state index in [2.05, 4.69) is 97.7 Å². The van der Waals surface area contributed by atoms with Crippen LogP contribution in [0.1, 0.15) is 0 Å². The predicted molar refractivity (Wildman–Crippen MR) is 143 cm³/mol. The Kier molecular flexibility index (Phi) is 8.89. The minimum atomic E-state index is -3.19. The van der Waals surface area contributed by atoms with Crippen LogP contribution in [0.25, 0.3) is 0 Å². The summed E-state index contributed by atoms with van der Waals surface area (Å²) in [6.07, 6.45) is 0. The first-order chi connectivity index (χ1) is 16.0. The highest BCUT2D eigenvalue weighted by Gasteiger charge is 2.55. The normalized spacial score (nSPS) is 12.6.